The summed E-state index contributed by atoms with van der Waals surface area (Å²) in [5, 5.41) is 21.4. The Balaban J connectivity index is 2.62. The minimum Gasteiger partial charge on any atom is -0.508 e. The Morgan fingerprint density at radius 2 is 1.82 bits per heavy atom. The molecule has 0 bridgehead atoms. The summed E-state index contributed by atoms with van der Waals surface area (Å²) in [6.07, 6.45) is 2.74. The Hall–Kier alpha value is -1.96. The molecule has 0 atom stereocenters. The van der Waals surface area contributed by atoms with E-state index < -0.39 is 0 Å². The number of aromatic hydroxyl groups is 2. The predicted octanol–water partition coefficient (Wildman–Crippen LogP) is 3.76. The second-order valence-electron chi connectivity index (χ2n) is 4.45. The van der Waals surface area contributed by atoms with Crippen LogP contribution in [-0.4, -0.2) is 10.2 Å². The van der Waals surface area contributed by atoms with Gasteiger partial charge in [-0.1, -0.05) is 23.8 Å². The molecule has 2 N–H and O–H groups in total. The van der Waals surface area contributed by atoms with Crippen LogP contribution in [0.2, 0.25) is 0 Å². The van der Waals surface area contributed by atoms with E-state index in [0.29, 0.717) is 6.42 Å². The zero-order valence-electron chi connectivity index (χ0n) is 10.1. The average molecular weight is 228 g/mol. The van der Waals surface area contributed by atoms with Gasteiger partial charge in [-0.05, 0) is 49.2 Å². The van der Waals surface area contributed by atoms with Crippen LogP contribution in [0.15, 0.2) is 42.0 Å². The van der Waals surface area contributed by atoms with Crippen LogP contribution in [0, 0.1) is 0 Å². The quantitative estimate of drug-likeness (QED) is 0.768. The summed E-state index contributed by atoms with van der Waals surface area (Å²) in [5.41, 5.74) is 2.07. The molecular weight excluding hydrogens is 212 g/mol. The number of phenols is 2. The number of fused-ring (bicyclic) bond motifs is 1. The van der Waals surface area contributed by atoms with Crippen molar-refractivity contribution in [3.63, 3.8) is 0 Å². The maximum atomic E-state index is 9.90. The molecule has 2 aromatic carbocycles. The lowest BCUT2D eigenvalue weighted by Gasteiger charge is -2.08. The molecule has 0 spiro atoms. The second kappa shape index (κ2) is 4.50. The number of allylic oxidation sites excluding steroid dienone is 2. The van der Waals surface area contributed by atoms with Gasteiger partial charge >= 0.3 is 0 Å². The minimum absolute atomic E-state index is 0.224. The Morgan fingerprint density at radius 1 is 1.12 bits per heavy atom. The molecule has 2 rings (SSSR count). The lowest BCUT2D eigenvalue weighted by molar-refractivity contribution is 0.470. The van der Waals surface area contributed by atoms with E-state index in [9.17, 15) is 10.2 Å². The van der Waals surface area contributed by atoms with Gasteiger partial charge in [-0.3, -0.25) is 0 Å². The van der Waals surface area contributed by atoms with Gasteiger partial charge in [-0.15, -0.1) is 0 Å². The van der Waals surface area contributed by atoms with Crippen LogP contribution in [-0.2, 0) is 6.42 Å². The van der Waals surface area contributed by atoms with Gasteiger partial charge < -0.3 is 10.2 Å². The molecule has 17 heavy (non-hydrogen) atoms. The number of rotatable bonds is 2. The Kier molecular flexibility index (Phi) is 3.05. The van der Waals surface area contributed by atoms with Gasteiger partial charge in [0.1, 0.15) is 11.5 Å². The summed E-state index contributed by atoms with van der Waals surface area (Å²) in [7, 11) is 0. The summed E-state index contributed by atoms with van der Waals surface area (Å²) >= 11 is 0. The summed E-state index contributed by atoms with van der Waals surface area (Å²) in [5.74, 6) is 0.502. The molecule has 0 unspecified atom stereocenters. The van der Waals surface area contributed by atoms with Crippen molar-refractivity contribution in [2.24, 2.45) is 0 Å². The molecular formula is C15H16O2. The van der Waals surface area contributed by atoms with Crippen molar-refractivity contribution in [1.29, 1.82) is 0 Å². The van der Waals surface area contributed by atoms with Crippen LogP contribution in [0.25, 0.3) is 10.8 Å². The first kappa shape index (κ1) is 11.5. The van der Waals surface area contributed by atoms with Gasteiger partial charge in [-0.25, -0.2) is 0 Å². The molecule has 0 saturated heterocycles. The van der Waals surface area contributed by atoms with Crippen LogP contribution in [0.5, 0.6) is 11.5 Å². The van der Waals surface area contributed by atoms with Crippen molar-refractivity contribution in [3.8, 4) is 11.5 Å². The third kappa shape index (κ3) is 2.41. The SMILES string of the molecule is CC(C)=CCc1c(O)ccc2ccc(O)cc12. The highest BCUT2D eigenvalue weighted by molar-refractivity contribution is 5.89. The van der Waals surface area contributed by atoms with Crippen molar-refractivity contribution in [2.45, 2.75) is 20.3 Å². The number of hydrogen-bond donors (Lipinski definition) is 2. The summed E-state index contributed by atoms with van der Waals surface area (Å²) in [4.78, 5) is 0. The monoisotopic (exact) mass is 228 g/mol. The molecule has 0 amide bonds. The highest BCUT2D eigenvalue weighted by atomic mass is 16.3. The summed E-state index contributed by atoms with van der Waals surface area (Å²) in [6.45, 7) is 4.05. The maximum absolute atomic E-state index is 9.90. The molecule has 0 aliphatic rings. The molecule has 0 aliphatic carbocycles. The van der Waals surface area contributed by atoms with E-state index in [1.807, 2.05) is 26.0 Å². The normalized spacial score (nSPS) is 10.5. The van der Waals surface area contributed by atoms with Gasteiger partial charge in [0, 0.05) is 5.56 Å². The predicted molar refractivity (Wildman–Crippen MR) is 70.4 cm³/mol. The molecule has 2 nitrogen and oxygen atoms in total. The van der Waals surface area contributed by atoms with Crippen LogP contribution in [0.3, 0.4) is 0 Å². The van der Waals surface area contributed by atoms with E-state index in [4.69, 9.17) is 0 Å². The second-order valence-corrected chi connectivity index (χ2v) is 4.45. The molecule has 0 heterocycles. The molecule has 2 aromatic rings. The molecule has 0 fully saturated rings. The molecule has 0 aromatic heterocycles. The van der Waals surface area contributed by atoms with Crippen molar-refractivity contribution >= 4 is 10.8 Å². The lowest BCUT2D eigenvalue weighted by Crippen LogP contribution is -1.87. The fourth-order valence-electron chi connectivity index (χ4n) is 1.88. The largest absolute Gasteiger partial charge is 0.508 e. The topological polar surface area (TPSA) is 40.5 Å². The summed E-state index contributed by atoms with van der Waals surface area (Å²) in [6, 6.07) is 8.77. The number of phenolic OH excluding ortho intramolecular Hbond substituents is 2. The van der Waals surface area contributed by atoms with Crippen molar-refractivity contribution in [2.75, 3.05) is 0 Å². The van der Waals surface area contributed by atoms with Gasteiger partial charge in [0.25, 0.3) is 0 Å². The first-order valence-corrected chi connectivity index (χ1v) is 5.65. The number of benzene rings is 2. The average Bonchev–Trinajstić information content (AvgIpc) is 2.27. The van der Waals surface area contributed by atoms with Gasteiger partial charge in [0.2, 0.25) is 0 Å². The lowest BCUT2D eigenvalue weighted by atomic mass is 10.00. The van der Waals surface area contributed by atoms with E-state index in [1.165, 1.54) is 5.57 Å². The molecule has 88 valence electrons. The highest BCUT2D eigenvalue weighted by Crippen LogP contribution is 2.30. The van der Waals surface area contributed by atoms with E-state index >= 15 is 0 Å². The first-order chi connectivity index (χ1) is 8.08. The zero-order chi connectivity index (χ0) is 12.4. The standard InChI is InChI=1S/C15H16O2/c1-10(2)3-7-13-14-9-12(16)6-4-11(14)5-8-15(13)17/h3-6,8-9,16-17H,7H2,1-2H3. The Morgan fingerprint density at radius 3 is 2.53 bits per heavy atom. The third-order valence-corrected chi connectivity index (χ3v) is 2.81. The first-order valence-electron chi connectivity index (χ1n) is 5.65. The highest BCUT2D eigenvalue weighted by Gasteiger charge is 2.06. The van der Waals surface area contributed by atoms with E-state index in [0.717, 1.165) is 16.3 Å². The maximum Gasteiger partial charge on any atom is 0.119 e. The van der Waals surface area contributed by atoms with E-state index in [1.54, 1.807) is 18.2 Å². The minimum atomic E-state index is 0.224. The molecule has 0 saturated carbocycles. The van der Waals surface area contributed by atoms with Crippen molar-refractivity contribution in [1.82, 2.24) is 0 Å². The van der Waals surface area contributed by atoms with E-state index in [-0.39, 0.29) is 11.5 Å². The Labute approximate surface area is 101 Å². The summed E-state index contributed by atoms with van der Waals surface area (Å²) < 4.78 is 0. The van der Waals surface area contributed by atoms with Crippen LogP contribution in [0.4, 0.5) is 0 Å². The van der Waals surface area contributed by atoms with Crippen LogP contribution in [0.1, 0.15) is 19.4 Å². The third-order valence-electron chi connectivity index (χ3n) is 2.81. The van der Waals surface area contributed by atoms with Crippen LogP contribution >= 0.6 is 0 Å². The van der Waals surface area contributed by atoms with E-state index in [2.05, 4.69) is 6.08 Å². The molecule has 2 heteroatoms. The molecule has 0 radical (unpaired) electrons. The van der Waals surface area contributed by atoms with Crippen molar-refractivity contribution < 1.29 is 10.2 Å². The van der Waals surface area contributed by atoms with Gasteiger partial charge in [0.05, 0.1) is 0 Å². The van der Waals surface area contributed by atoms with Crippen molar-refractivity contribution in [3.05, 3.63) is 47.5 Å². The Bertz CT molecular complexity index is 573. The van der Waals surface area contributed by atoms with Crippen LogP contribution < -0.4 is 0 Å². The van der Waals surface area contributed by atoms with Gasteiger partial charge in [0.15, 0.2) is 0 Å². The fourth-order valence-corrected chi connectivity index (χ4v) is 1.88. The number of hydrogen-bond acceptors (Lipinski definition) is 2. The fraction of sp³-hybridized carbons (Fsp3) is 0.200. The molecule has 0 aliphatic heterocycles. The zero-order valence-corrected chi connectivity index (χ0v) is 10.1. The van der Waals surface area contributed by atoms with Gasteiger partial charge in [-0.2, -0.15) is 0 Å². The smallest absolute Gasteiger partial charge is 0.119 e.